The molecule has 4 nitrogen and oxygen atoms in total. The van der Waals surface area contributed by atoms with E-state index < -0.39 is 12.0 Å². The molecule has 0 aliphatic heterocycles. The van der Waals surface area contributed by atoms with Gasteiger partial charge >= 0.3 is 5.97 Å². The summed E-state index contributed by atoms with van der Waals surface area (Å²) in [6.45, 7) is 4.52. The van der Waals surface area contributed by atoms with E-state index in [0.29, 0.717) is 23.0 Å². The fourth-order valence-corrected chi connectivity index (χ4v) is 2.57. The van der Waals surface area contributed by atoms with Crippen molar-refractivity contribution in [3.63, 3.8) is 0 Å². The van der Waals surface area contributed by atoms with E-state index in [9.17, 15) is 14.7 Å². The number of rotatable bonds is 8. The molecular weight excluding hydrogens is 338 g/mol. The number of Topliss-reactive ketones (excluding diaryl/α,β-unsaturated/α-hetero) is 1. The van der Waals surface area contributed by atoms with Gasteiger partial charge in [-0.3, -0.25) is 14.9 Å². The topological polar surface area (TPSA) is 66.4 Å². The maximum absolute atomic E-state index is 12.4. The first-order valence-electron chi connectivity index (χ1n) is 8.20. The van der Waals surface area contributed by atoms with Gasteiger partial charge in [-0.1, -0.05) is 61.8 Å². The minimum Gasteiger partial charge on any atom is -0.480 e. The fourth-order valence-electron chi connectivity index (χ4n) is 2.45. The maximum Gasteiger partial charge on any atom is 0.321 e. The lowest BCUT2D eigenvalue weighted by atomic mass is 9.98. The molecule has 0 radical (unpaired) electrons. The summed E-state index contributed by atoms with van der Waals surface area (Å²) in [5, 5.41) is 12.9. The summed E-state index contributed by atoms with van der Waals surface area (Å²) in [7, 11) is 0. The molecule has 0 heterocycles. The predicted octanol–water partition coefficient (Wildman–Crippen LogP) is 4.28. The summed E-state index contributed by atoms with van der Waals surface area (Å²) in [5.41, 5.74) is 2.58. The Labute approximate surface area is 152 Å². The lowest BCUT2D eigenvalue weighted by Crippen LogP contribution is -2.38. The van der Waals surface area contributed by atoms with Crippen LogP contribution in [0.25, 0.3) is 0 Å². The Kier molecular flexibility index (Phi) is 6.73. The molecular formula is C20H22ClNO3. The summed E-state index contributed by atoms with van der Waals surface area (Å²) in [6.07, 6.45) is -0.0933. The quantitative estimate of drug-likeness (QED) is 0.690. The standard InChI is InChI=1S/C20H22ClNO3/c1-13(2)15-5-7-16(8-6-15)19(23)11-18(20(24)25)22-12-14-3-9-17(21)10-4-14/h3-10,13,18,22H,11-12H2,1-2H3,(H,24,25)/t18-/m0/s1. The molecule has 0 unspecified atom stereocenters. The zero-order chi connectivity index (χ0) is 18.4. The van der Waals surface area contributed by atoms with Crippen LogP contribution in [0.2, 0.25) is 5.02 Å². The van der Waals surface area contributed by atoms with E-state index in [1.807, 2.05) is 24.3 Å². The highest BCUT2D eigenvalue weighted by Crippen LogP contribution is 2.16. The van der Waals surface area contributed by atoms with Crippen molar-refractivity contribution in [3.05, 3.63) is 70.2 Å². The number of benzene rings is 2. The molecule has 5 heteroatoms. The van der Waals surface area contributed by atoms with Crippen LogP contribution in [0.1, 0.15) is 47.7 Å². The van der Waals surface area contributed by atoms with Gasteiger partial charge in [-0.25, -0.2) is 0 Å². The van der Waals surface area contributed by atoms with Crippen LogP contribution < -0.4 is 5.32 Å². The second kappa shape index (κ2) is 8.79. The second-order valence-corrected chi connectivity index (χ2v) is 6.74. The van der Waals surface area contributed by atoms with E-state index in [2.05, 4.69) is 19.2 Å². The van der Waals surface area contributed by atoms with Gasteiger partial charge in [-0.15, -0.1) is 0 Å². The molecule has 1 atom stereocenters. The lowest BCUT2D eigenvalue weighted by Gasteiger charge is -2.14. The van der Waals surface area contributed by atoms with Crippen LogP contribution in [-0.4, -0.2) is 22.9 Å². The Bertz CT molecular complexity index is 724. The monoisotopic (exact) mass is 359 g/mol. The van der Waals surface area contributed by atoms with Gasteiger partial charge < -0.3 is 5.11 Å². The second-order valence-electron chi connectivity index (χ2n) is 6.30. The van der Waals surface area contributed by atoms with Crippen LogP contribution in [0, 0.1) is 0 Å². The van der Waals surface area contributed by atoms with E-state index in [1.54, 1.807) is 24.3 Å². The lowest BCUT2D eigenvalue weighted by molar-refractivity contribution is -0.139. The van der Waals surface area contributed by atoms with E-state index in [4.69, 9.17) is 11.6 Å². The summed E-state index contributed by atoms with van der Waals surface area (Å²) in [6, 6.07) is 13.5. The van der Waals surface area contributed by atoms with Crippen LogP contribution in [0.5, 0.6) is 0 Å². The van der Waals surface area contributed by atoms with Gasteiger partial charge in [-0.05, 0) is 29.2 Å². The number of nitrogens with one attached hydrogen (secondary N) is 1. The number of carboxylic acids is 1. The predicted molar refractivity (Wildman–Crippen MR) is 99.2 cm³/mol. The molecule has 0 saturated heterocycles. The molecule has 2 rings (SSSR count). The third-order valence-corrected chi connectivity index (χ3v) is 4.30. The van der Waals surface area contributed by atoms with Gasteiger partial charge in [-0.2, -0.15) is 0 Å². The Balaban J connectivity index is 1.99. The van der Waals surface area contributed by atoms with Gasteiger partial charge in [0.25, 0.3) is 0 Å². The Morgan fingerprint density at radius 2 is 1.64 bits per heavy atom. The highest BCUT2D eigenvalue weighted by atomic mass is 35.5. The van der Waals surface area contributed by atoms with Crippen LogP contribution in [0.4, 0.5) is 0 Å². The average molecular weight is 360 g/mol. The molecule has 0 fully saturated rings. The van der Waals surface area contributed by atoms with Gasteiger partial charge in [0, 0.05) is 23.6 Å². The largest absolute Gasteiger partial charge is 0.480 e. The van der Waals surface area contributed by atoms with Crippen molar-refractivity contribution in [1.82, 2.24) is 5.32 Å². The third-order valence-electron chi connectivity index (χ3n) is 4.05. The third kappa shape index (κ3) is 5.69. The summed E-state index contributed by atoms with van der Waals surface area (Å²) >= 11 is 5.83. The van der Waals surface area contributed by atoms with Gasteiger partial charge in [0.15, 0.2) is 5.78 Å². The van der Waals surface area contributed by atoms with E-state index in [1.165, 1.54) is 0 Å². The van der Waals surface area contributed by atoms with Gasteiger partial charge in [0.1, 0.15) is 6.04 Å². The Hall–Kier alpha value is -2.17. The summed E-state index contributed by atoms with van der Waals surface area (Å²) in [4.78, 5) is 23.8. The number of aliphatic carboxylic acids is 1. The van der Waals surface area contributed by atoms with Crippen LogP contribution in [-0.2, 0) is 11.3 Å². The number of carbonyl (C=O) groups excluding carboxylic acids is 1. The molecule has 132 valence electrons. The number of carboxylic acid groups (broad SMARTS) is 1. The molecule has 0 saturated carbocycles. The number of carbonyl (C=O) groups is 2. The first-order valence-corrected chi connectivity index (χ1v) is 8.58. The van der Waals surface area contributed by atoms with Crippen molar-refractivity contribution in [1.29, 1.82) is 0 Å². The Morgan fingerprint density at radius 1 is 1.04 bits per heavy atom. The Morgan fingerprint density at radius 3 is 2.16 bits per heavy atom. The highest BCUT2D eigenvalue weighted by Gasteiger charge is 2.21. The number of ketones is 1. The smallest absolute Gasteiger partial charge is 0.321 e. The normalized spacial score (nSPS) is 12.2. The molecule has 0 aromatic heterocycles. The van der Waals surface area contributed by atoms with Crippen molar-refractivity contribution in [3.8, 4) is 0 Å². The molecule has 2 aromatic carbocycles. The number of hydrogen-bond acceptors (Lipinski definition) is 3. The van der Waals surface area contributed by atoms with Crippen molar-refractivity contribution in [2.45, 2.75) is 38.8 Å². The van der Waals surface area contributed by atoms with Crippen molar-refractivity contribution < 1.29 is 14.7 Å². The fraction of sp³-hybridized carbons (Fsp3) is 0.300. The van der Waals surface area contributed by atoms with Crippen LogP contribution >= 0.6 is 11.6 Å². The zero-order valence-corrected chi connectivity index (χ0v) is 15.1. The number of hydrogen-bond donors (Lipinski definition) is 2. The summed E-state index contributed by atoms with van der Waals surface area (Å²) in [5.74, 6) is -0.843. The van der Waals surface area contributed by atoms with Crippen molar-refractivity contribution >= 4 is 23.4 Å². The first kappa shape index (κ1) is 19.2. The van der Waals surface area contributed by atoms with Crippen LogP contribution in [0.15, 0.2) is 48.5 Å². The van der Waals surface area contributed by atoms with Crippen molar-refractivity contribution in [2.75, 3.05) is 0 Å². The minimum atomic E-state index is -1.04. The minimum absolute atomic E-state index is 0.0933. The van der Waals surface area contributed by atoms with Gasteiger partial charge in [0.2, 0.25) is 0 Å². The average Bonchev–Trinajstić information content (AvgIpc) is 2.59. The van der Waals surface area contributed by atoms with Crippen molar-refractivity contribution in [2.24, 2.45) is 0 Å². The van der Waals surface area contributed by atoms with E-state index in [-0.39, 0.29) is 12.2 Å². The highest BCUT2D eigenvalue weighted by molar-refractivity contribution is 6.30. The summed E-state index contributed by atoms with van der Waals surface area (Å²) < 4.78 is 0. The SMILES string of the molecule is CC(C)c1ccc(C(=O)C[C@H](NCc2ccc(Cl)cc2)C(=O)O)cc1. The van der Waals surface area contributed by atoms with Gasteiger partial charge in [0.05, 0.1) is 0 Å². The van der Waals surface area contributed by atoms with E-state index >= 15 is 0 Å². The first-order chi connectivity index (χ1) is 11.9. The molecule has 0 aliphatic rings. The van der Waals surface area contributed by atoms with Crippen LogP contribution in [0.3, 0.4) is 0 Å². The molecule has 0 spiro atoms. The molecule has 25 heavy (non-hydrogen) atoms. The van der Waals surface area contributed by atoms with E-state index in [0.717, 1.165) is 11.1 Å². The molecule has 0 bridgehead atoms. The molecule has 0 aliphatic carbocycles. The molecule has 0 amide bonds. The molecule has 2 N–H and O–H groups in total. The maximum atomic E-state index is 12.4. The molecule has 2 aromatic rings. The zero-order valence-electron chi connectivity index (χ0n) is 14.3. The number of halogens is 1.